The molecule has 2 heteroatoms. The maximum atomic E-state index is 11.1. The number of carbonyl (C=O) groups is 1. The second-order valence-electron chi connectivity index (χ2n) is 8.54. The summed E-state index contributed by atoms with van der Waals surface area (Å²) < 4.78 is 0. The fourth-order valence-corrected chi connectivity index (χ4v) is 4.21. The van der Waals surface area contributed by atoms with Crippen molar-refractivity contribution in [1.82, 2.24) is 0 Å². The van der Waals surface area contributed by atoms with Crippen molar-refractivity contribution >= 4 is 22.3 Å². The van der Waals surface area contributed by atoms with Gasteiger partial charge < -0.3 is 5.11 Å². The first-order valence-electron chi connectivity index (χ1n) is 10.1. The van der Waals surface area contributed by atoms with Gasteiger partial charge in [-0.05, 0) is 69.8 Å². The molecule has 0 aromatic heterocycles. The van der Waals surface area contributed by atoms with Crippen LogP contribution in [0.15, 0.2) is 78.9 Å². The molecule has 0 heterocycles. The first-order valence-corrected chi connectivity index (χ1v) is 10.1. The topological polar surface area (TPSA) is 37.3 Å². The molecule has 146 valence electrons. The largest absolute Gasteiger partial charge is 0.478 e. The maximum absolute atomic E-state index is 11.1. The van der Waals surface area contributed by atoms with Gasteiger partial charge in [0.05, 0.1) is 5.56 Å². The van der Waals surface area contributed by atoms with Gasteiger partial charge in [0.25, 0.3) is 0 Å². The SMILES string of the molecule is CC1(C)C=CC=C(c2cccc3cccc(CCc4ccc(C(=O)O)cc4)c23)C1. The van der Waals surface area contributed by atoms with E-state index in [4.69, 9.17) is 5.11 Å². The summed E-state index contributed by atoms with van der Waals surface area (Å²) in [5, 5.41) is 11.7. The zero-order valence-electron chi connectivity index (χ0n) is 17.0. The number of fused-ring (bicyclic) bond motifs is 1. The van der Waals surface area contributed by atoms with Crippen LogP contribution < -0.4 is 0 Å². The normalized spacial score (nSPS) is 15.3. The average Bonchev–Trinajstić information content (AvgIpc) is 2.71. The van der Waals surface area contributed by atoms with E-state index in [0.717, 1.165) is 24.8 Å². The molecule has 3 aromatic rings. The van der Waals surface area contributed by atoms with Crippen molar-refractivity contribution in [2.75, 3.05) is 0 Å². The highest BCUT2D eigenvalue weighted by atomic mass is 16.4. The molecule has 0 radical (unpaired) electrons. The Labute approximate surface area is 172 Å². The highest BCUT2D eigenvalue weighted by Crippen LogP contribution is 2.39. The van der Waals surface area contributed by atoms with Crippen molar-refractivity contribution in [3.8, 4) is 0 Å². The minimum absolute atomic E-state index is 0.174. The fraction of sp³-hybridized carbons (Fsp3) is 0.222. The van der Waals surface area contributed by atoms with E-state index in [2.05, 4.69) is 68.5 Å². The Kier molecular flexibility index (Phi) is 5.10. The van der Waals surface area contributed by atoms with Gasteiger partial charge in [-0.3, -0.25) is 0 Å². The summed E-state index contributed by atoms with van der Waals surface area (Å²) in [5.74, 6) is -0.882. The molecule has 0 spiro atoms. The smallest absolute Gasteiger partial charge is 0.335 e. The van der Waals surface area contributed by atoms with Gasteiger partial charge in [-0.15, -0.1) is 0 Å². The van der Waals surface area contributed by atoms with Crippen LogP contribution in [0.25, 0.3) is 16.3 Å². The number of hydrogen-bond donors (Lipinski definition) is 1. The third-order valence-corrected chi connectivity index (χ3v) is 5.71. The van der Waals surface area contributed by atoms with Gasteiger partial charge in [-0.1, -0.05) is 80.6 Å². The van der Waals surface area contributed by atoms with Crippen LogP contribution in [0.5, 0.6) is 0 Å². The standard InChI is InChI=1S/C27H26O2/c1-27(2)17-5-9-23(18-27)24-10-4-8-20-6-3-7-21(25(20)24)14-11-19-12-15-22(16-13-19)26(28)29/h3-10,12-13,15-17H,11,14,18H2,1-2H3,(H,28,29). The lowest BCUT2D eigenvalue weighted by atomic mass is 9.78. The molecular formula is C27H26O2. The zero-order valence-corrected chi connectivity index (χ0v) is 17.0. The summed E-state index contributed by atoms with van der Waals surface area (Å²) >= 11 is 0. The Morgan fingerprint density at radius 1 is 0.966 bits per heavy atom. The summed E-state index contributed by atoms with van der Waals surface area (Å²) in [6.07, 6.45) is 9.56. The molecular weight excluding hydrogens is 356 g/mol. The van der Waals surface area contributed by atoms with E-state index >= 15 is 0 Å². The molecule has 2 nitrogen and oxygen atoms in total. The number of rotatable bonds is 5. The van der Waals surface area contributed by atoms with E-state index in [-0.39, 0.29) is 5.41 Å². The van der Waals surface area contributed by atoms with Crippen molar-refractivity contribution in [2.24, 2.45) is 5.41 Å². The van der Waals surface area contributed by atoms with Crippen LogP contribution in [0.1, 0.15) is 47.3 Å². The molecule has 0 saturated carbocycles. The van der Waals surface area contributed by atoms with Gasteiger partial charge in [0.15, 0.2) is 0 Å². The van der Waals surface area contributed by atoms with Crippen LogP contribution in [-0.2, 0) is 12.8 Å². The van der Waals surface area contributed by atoms with Gasteiger partial charge in [0.2, 0.25) is 0 Å². The molecule has 0 bridgehead atoms. The van der Waals surface area contributed by atoms with Crippen LogP contribution in [0.2, 0.25) is 0 Å². The number of allylic oxidation sites excluding steroid dienone is 4. The summed E-state index contributed by atoms with van der Waals surface area (Å²) in [5.41, 5.74) is 5.73. The van der Waals surface area contributed by atoms with E-state index in [1.807, 2.05) is 12.1 Å². The number of aryl methyl sites for hydroxylation is 2. The number of carboxylic acids is 1. The molecule has 0 atom stereocenters. The van der Waals surface area contributed by atoms with Gasteiger partial charge in [0, 0.05) is 0 Å². The summed E-state index contributed by atoms with van der Waals surface area (Å²) in [7, 11) is 0. The molecule has 0 amide bonds. The first-order chi connectivity index (χ1) is 13.9. The Bertz CT molecular complexity index is 1110. The molecule has 0 fully saturated rings. The highest BCUT2D eigenvalue weighted by molar-refractivity contribution is 5.97. The lowest BCUT2D eigenvalue weighted by Crippen LogP contribution is -2.11. The van der Waals surface area contributed by atoms with E-state index in [0.29, 0.717) is 5.56 Å². The van der Waals surface area contributed by atoms with Crippen LogP contribution >= 0.6 is 0 Å². The molecule has 0 saturated heterocycles. The minimum Gasteiger partial charge on any atom is -0.478 e. The number of hydrogen-bond acceptors (Lipinski definition) is 1. The fourth-order valence-electron chi connectivity index (χ4n) is 4.21. The van der Waals surface area contributed by atoms with Crippen molar-refractivity contribution in [1.29, 1.82) is 0 Å². The molecule has 0 aliphatic heterocycles. The summed E-state index contributed by atoms with van der Waals surface area (Å²) in [6, 6.07) is 20.4. The maximum Gasteiger partial charge on any atom is 0.335 e. The van der Waals surface area contributed by atoms with Gasteiger partial charge in [-0.2, -0.15) is 0 Å². The third-order valence-electron chi connectivity index (χ3n) is 5.71. The van der Waals surface area contributed by atoms with E-state index in [9.17, 15) is 4.79 Å². The molecule has 3 aromatic carbocycles. The molecule has 1 N–H and O–H groups in total. The second kappa shape index (κ2) is 7.71. The summed E-state index contributed by atoms with van der Waals surface area (Å²) in [6.45, 7) is 4.56. The lowest BCUT2D eigenvalue weighted by Gasteiger charge is -2.26. The van der Waals surface area contributed by atoms with E-state index in [1.165, 1.54) is 27.5 Å². The quantitative estimate of drug-likeness (QED) is 0.533. The number of aromatic carboxylic acids is 1. The molecule has 0 unspecified atom stereocenters. The zero-order chi connectivity index (χ0) is 20.4. The Balaban J connectivity index is 1.67. The minimum atomic E-state index is -0.882. The number of carboxylic acid groups (broad SMARTS) is 1. The molecule has 29 heavy (non-hydrogen) atoms. The predicted octanol–water partition coefficient (Wildman–Crippen LogP) is 6.69. The van der Waals surface area contributed by atoms with E-state index in [1.54, 1.807) is 12.1 Å². The highest BCUT2D eigenvalue weighted by Gasteiger charge is 2.21. The molecule has 1 aliphatic rings. The van der Waals surface area contributed by atoms with Gasteiger partial charge in [-0.25, -0.2) is 4.79 Å². The number of benzene rings is 3. The predicted molar refractivity (Wildman–Crippen MR) is 120 cm³/mol. The summed E-state index contributed by atoms with van der Waals surface area (Å²) in [4.78, 5) is 11.1. The van der Waals surface area contributed by atoms with E-state index < -0.39 is 5.97 Å². The Morgan fingerprint density at radius 3 is 2.38 bits per heavy atom. The van der Waals surface area contributed by atoms with Crippen molar-refractivity contribution in [3.63, 3.8) is 0 Å². The van der Waals surface area contributed by atoms with Crippen LogP contribution in [0.3, 0.4) is 0 Å². The molecule has 1 aliphatic carbocycles. The average molecular weight is 383 g/mol. The second-order valence-corrected chi connectivity index (χ2v) is 8.54. The van der Waals surface area contributed by atoms with Gasteiger partial charge >= 0.3 is 5.97 Å². The van der Waals surface area contributed by atoms with Crippen LogP contribution in [-0.4, -0.2) is 11.1 Å². The van der Waals surface area contributed by atoms with Crippen LogP contribution in [0.4, 0.5) is 0 Å². The van der Waals surface area contributed by atoms with Crippen molar-refractivity contribution in [3.05, 3.63) is 101 Å². The monoisotopic (exact) mass is 382 g/mol. The van der Waals surface area contributed by atoms with Crippen molar-refractivity contribution in [2.45, 2.75) is 33.1 Å². The Hall–Kier alpha value is -3.13. The van der Waals surface area contributed by atoms with Gasteiger partial charge in [0.1, 0.15) is 0 Å². The van der Waals surface area contributed by atoms with Crippen molar-refractivity contribution < 1.29 is 9.90 Å². The first kappa shape index (κ1) is 19.2. The Morgan fingerprint density at radius 2 is 1.69 bits per heavy atom. The van der Waals surface area contributed by atoms with Crippen LogP contribution in [0, 0.1) is 5.41 Å². The molecule has 4 rings (SSSR count). The third kappa shape index (κ3) is 4.17. The lowest BCUT2D eigenvalue weighted by molar-refractivity contribution is 0.0697.